The molecule has 2 aromatic carbocycles. The normalized spacial score (nSPS) is 23.2. The topological polar surface area (TPSA) is 66.5 Å². The van der Waals surface area contributed by atoms with Crippen molar-refractivity contribution in [2.24, 2.45) is 11.8 Å². The molecular weight excluding hydrogens is 384 g/mol. The van der Waals surface area contributed by atoms with Gasteiger partial charge in [-0.15, -0.1) is 0 Å². The highest BCUT2D eigenvalue weighted by Gasteiger charge is 2.40. The molecule has 2 fully saturated rings. The van der Waals surface area contributed by atoms with E-state index in [2.05, 4.69) is 5.32 Å². The fourth-order valence-corrected chi connectivity index (χ4v) is 6.33. The lowest BCUT2D eigenvalue weighted by molar-refractivity contribution is -0.120. The van der Waals surface area contributed by atoms with E-state index in [1.807, 2.05) is 26.0 Å². The summed E-state index contributed by atoms with van der Waals surface area (Å²) in [6, 6.07) is 14.0. The summed E-state index contributed by atoms with van der Waals surface area (Å²) in [5.41, 5.74) is 2.40. The molecule has 2 saturated carbocycles. The van der Waals surface area contributed by atoms with Gasteiger partial charge in [-0.25, -0.2) is 8.42 Å². The molecule has 1 N–H and O–H groups in total. The van der Waals surface area contributed by atoms with Crippen LogP contribution in [0.1, 0.15) is 36.8 Å². The summed E-state index contributed by atoms with van der Waals surface area (Å²) < 4.78 is 28.1. The zero-order chi connectivity index (χ0) is 20.6. The number of carbonyl (C=O) groups is 1. The molecule has 0 aliphatic heterocycles. The van der Waals surface area contributed by atoms with Gasteiger partial charge < -0.3 is 5.32 Å². The van der Waals surface area contributed by atoms with Crippen LogP contribution in [0.3, 0.4) is 0 Å². The maximum Gasteiger partial charge on any atom is 0.264 e. The Hall–Kier alpha value is -2.34. The Morgan fingerprint density at radius 2 is 1.79 bits per heavy atom. The highest BCUT2D eigenvalue weighted by molar-refractivity contribution is 7.92. The van der Waals surface area contributed by atoms with Crippen molar-refractivity contribution in [1.29, 1.82) is 0 Å². The molecule has 0 unspecified atom stereocenters. The first-order valence-corrected chi connectivity index (χ1v) is 11.7. The monoisotopic (exact) mass is 412 g/mol. The minimum atomic E-state index is -3.86. The summed E-state index contributed by atoms with van der Waals surface area (Å²) in [6.07, 6.45) is 4.63. The first-order valence-electron chi connectivity index (χ1n) is 10.3. The summed E-state index contributed by atoms with van der Waals surface area (Å²) in [4.78, 5) is 13.1. The Morgan fingerprint density at radius 3 is 2.45 bits per heavy atom. The Labute approximate surface area is 173 Å². The number of hydrogen-bond acceptors (Lipinski definition) is 3. The predicted octanol–water partition coefficient (Wildman–Crippen LogP) is 3.80. The Kier molecular flexibility index (Phi) is 5.38. The number of aryl methyl sites for hydroxylation is 1. The first-order chi connectivity index (χ1) is 13.9. The lowest BCUT2D eigenvalue weighted by Crippen LogP contribution is -2.46. The van der Waals surface area contributed by atoms with Crippen molar-refractivity contribution in [3.05, 3.63) is 59.7 Å². The number of benzene rings is 2. The van der Waals surface area contributed by atoms with Gasteiger partial charge in [-0.3, -0.25) is 9.10 Å². The number of rotatable bonds is 6. The van der Waals surface area contributed by atoms with Gasteiger partial charge in [0.1, 0.15) is 6.54 Å². The number of nitrogens with zero attached hydrogens (tertiary/aromatic N) is 1. The third-order valence-electron chi connectivity index (χ3n) is 6.55. The van der Waals surface area contributed by atoms with E-state index in [4.69, 9.17) is 0 Å². The minimum Gasteiger partial charge on any atom is -0.352 e. The predicted molar refractivity (Wildman–Crippen MR) is 114 cm³/mol. The van der Waals surface area contributed by atoms with Crippen molar-refractivity contribution in [3.63, 3.8) is 0 Å². The number of sulfonamides is 1. The summed E-state index contributed by atoms with van der Waals surface area (Å²) in [5.74, 6) is 1.03. The van der Waals surface area contributed by atoms with Gasteiger partial charge in [-0.05, 0) is 74.3 Å². The standard InChI is InChI=1S/C23H28N2O3S/c1-16-7-6-10-22(17(16)2)25(29(27,28)20-8-4-3-5-9-20)15-23(26)24-21-14-18-11-12-19(21)13-18/h3-10,18-19,21H,11-15H2,1-2H3,(H,24,26)/t18-,19-,21+/m0/s1. The second kappa shape index (κ2) is 7.82. The van der Waals surface area contributed by atoms with Crippen LogP contribution in [0.2, 0.25) is 0 Å². The Morgan fingerprint density at radius 1 is 1.03 bits per heavy atom. The van der Waals surface area contributed by atoms with Crippen LogP contribution in [0.25, 0.3) is 0 Å². The van der Waals surface area contributed by atoms with E-state index in [1.54, 1.807) is 36.4 Å². The maximum absolute atomic E-state index is 13.4. The number of hydrogen-bond donors (Lipinski definition) is 1. The lowest BCUT2D eigenvalue weighted by atomic mass is 9.95. The van der Waals surface area contributed by atoms with Crippen molar-refractivity contribution in [2.45, 2.75) is 50.5 Å². The van der Waals surface area contributed by atoms with Crippen molar-refractivity contribution in [2.75, 3.05) is 10.8 Å². The van der Waals surface area contributed by atoms with Gasteiger partial charge >= 0.3 is 0 Å². The van der Waals surface area contributed by atoms with Crippen molar-refractivity contribution < 1.29 is 13.2 Å². The number of carbonyl (C=O) groups excluding carboxylic acids is 1. The molecule has 0 aromatic heterocycles. The Balaban J connectivity index is 1.63. The molecule has 29 heavy (non-hydrogen) atoms. The van der Waals surface area contributed by atoms with Gasteiger partial charge in [-0.1, -0.05) is 36.8 Å². The molecule has 3 atom stereocenters. The van der Waals surface area contributed by atoms with Crippen LogP contribution >= 0.6 is 0 Å². The second-order valence-corrected chi connectivity index (χ2v) is 10.3. The van der Waals surface area contributed by atoms with Gasteiger partial charge in [0.25, 0.3) is 10.0 Å². The van der Waals surface area contributed by atoms with E-state index in [0.717, 1.165) is 17.5 Å². The second-order valence-electron chi connectivity index (χ2n) is 8.39. The maximum atomic E-state index is 13.4. The number of fused-ring (bicyclic) bond motifs is 2. The van der Waals surface area contributed by atoms with Crippen LogP contribution in [0, 0.1) is 25.7 Å². The largest absolute Gasteiger partial charge is 0.352 e. The first kappa shape index (κ1) is 20.0. The highest BCUT2D eigenvalue weighted by atomic mass is 32.2. The molecule has 0 spiro atoms. The van der Waals surface area contributed by atoms with Gasteiger partial charge in [0.05, 0.1) is 10.6 Å². The SMILES string of the molecule is Cc1cccc(N(CC(=O)N[C@@H]2C[C@H]3CC[C@H]2C3)S(=O)(=O)c2ccccc2)c1C. The average molecular weight is 413 g/mol. The molecule has 154 valence electrons. The molecule has 5 nitrogen and oxygen atoms in total. The minimum absolute atomic E-state index is 0.182. The van der Waals surface area contributed by atoms with Crippen LogP contribution in [0.5, 0.6) is 0 Å². The molecule has 1 amide bonds. The smallest absolute Gasteiger partial charge is 0.264 e. The van der Waals surface area contributed by atoms with Crippen molar-refractivity contribution in [3.8, 4) is 0 Å². The fraction of sp³-hybridized carbons (Fsp3) is 0.435. The summed E-state index contributed by atoms with van der Waals surface area (Å²) >= 11 is 0. The molecule has 0 radical (unpaired) electrons. The number of nitrogens with one attached hydrogen (secondary N) is 1. The van der Waals surface area contributed by atoms with Crippen LogP contribution in [-0.2, 0) is 14.8 Å². The molecule has 0 heterocycles. The molecule has 2 bridgehead atoms. The number of anilines is 1. The van der Waals surface area contributed by atoms with Gasteiger partial charge in [0, 0.05) is 6.04 Å². The Bertz CT molecular complexity index is 1000. The molecule has 6 heteroatoms. The van der Waals surface area contributed by atoms with Crippen LogP contribution in [0.4, 0.5) is 5.69 Å². The van der Waals surface area contributed by atoms with Crippen LogP contribution in [0.15, 0.2) is 53.4 Å². The van der Waals surface area contributed by atoms with Gasteiger partial charge in [0.15, 0.2) is 0 Å². The van der Waals surface area contributed by atoms with Gasteiger partial charge in [0.2, 0.25) is 5.91 Å². The molecule has 2 aromatic rings. The van der Waals surface area contributed by atoms with Crippen molar-refractivity contribution in [1.82, 2.24) is 5.32 Å². The molecule has 4 rings (SSSR count). The summed E-state index contributed by atoms with van der Waals surface area (Å²) in [6.45, 7) is 3.63. The zero-order valence-electron chi connectivity index (χ0n) is 17.0. The van der Waals surface area contributed by atoms with E-state index in [0.29, 0.717) is 17.5 Å². The molecule has 2 aliphatic carbocycles. The van der Waals surface area contributed by atoms with E-state index < -0.39 is 10.0 Å². The van der Waals surface area contributed by atoms with Gasteiger partial charge in [-0.2, -0.15) is 0 Å². The van der Waals surface area contributed by atoms with Crippen LogP contribution < -0.4 is 9.62 Å². The summed E-state index contributed by atoms with van der Waals surface area (Å²) in [7, 11) is -3.86. The molecule has 2 aliphatic rings. The van der Waals surface area contributed by atoms with Crippen LogP contribution in [-0.4, -0.2) is 26.9 Å². The number of amides is 1. The quantitative estimate of drug-likeness (QED) is 0.785. The zero-order valence-corrected chi connectivity index (χ0v) is 17.8. The third kappa shape index (κ3) is 3.90. The molecule has 0 saturated heterocycles. The van der Waals surface area contributed by atoms with E-state index in [-0.39, 0.29) is 23.4 Å². The highest BCUT2D eigenvalue weighted by Crippen LogP contribution is 2.44. The summed E-state index contributed by atoms with van der Waals surface area (Å²) in [5, 5.41) is 3.12. The van der Waals surface area contributed by atoms with E-state index in [9.17, 15) is 13.2 Å². The van der Waals surface area contributed by atoms with Crippen molar-refractivity contribution >= 4 is 21.6 Å². The fourth-order valence-electron chi connectivity index (χ4n) is 4.83. The molecular formula is C23H28N2O3S. The third-order valence-corrected chi connectivity index (χ3v) is 8.32. The lowest BCUT2D eigenvalue weighted by Gasteiger charge is -2.28. The van der Waals surface area contributed by atoms with E-state index in [1.165, 1.54) is 23.6 Å². The van der Waals surface area contributed by atoms with E-state index >= 15 is 0 Å². The average Bonchev–Trinajstić information content (AvgIpc) is 3.32.